The predicted molar refractivity (Wildman–Crippen MR) is 97.5 cm³/mol. The van der Waals surface area contributed by atoms with E-state index in [0.29, 0.717) is 12.3 Å². The standard InChI is InChI=1S/C18H22N4O4/c1-25-13-8-6-12(7-9-13)10-21-16(23)11-22(20)18(24)17-14(19)4-3-5-15(17)26-2/h3-9H,10-11,19-20H2,1-2H3,(H,21,23). The molecule has 0 heterocycles. The van der Waals surface area contributed by atoms with Crippen LogP contribution in [0.3, 0.4) is 0 Å². The molecule has 8 nitrogen and oxygen atoms in total. The zero-order valence-electron chi connectivity index (χ0n) is 14.7. The quantitative estimate of drug-likeness (QED) is 0.293. The number of anilines is 1. The van der Waals surface area contributed by atoms with E-state index in [1.165, 1.54) is 7.11 Å². The molecule has 0 unspecified atom stereocenters. The number of carbonyl (C=O) groups is 2. The monoisotopic (exact) mass is 358 g/mol. The first-order chi connectivity index (χ1) is 12.5. The number of nitrogens with two attached hydrogens (primary N) is 2. The first-order valence-electron chi connectivity index (χ1n) is 7.85. The fourth-order valence-corrected chi connectivity index (χ4v) is 2.32. The minimum atomic E-state index is -0.598. The summed E-state index contributed by atoms with van der Waals surface area (Å²) in [5, 5.41) is 3.50. The van der Waals surface area contributed by atoms with Crippen molar-refractivity contribution in [3.63, 3.8) is 0 Å². The van der Waals surface area contributed by atoms with Gasteiger partial charge in [-0.2, -0.15) is 0 Å². The molecule has 2 aromatic rings. The molecule has 0 aliphatic carbocycles. The minimum Gasteiger partial charge on any atom is -0.497 e. The van der Waals surface area contributed by atoms with Gasteiger partial charge in [-0.1, -0.05) is 18.2 Å². The summed E-state index contributed by atoms with van der Waals surface area (Å²) in [7, 11) is 3.01. The maximum absolute atomic E-state index is 12.5. The molecule has 26 heavy (non-hydrogen) atoms. The lowest BCUT2D eigenvalue weighted by Gasteiger charge is -2.19. The molecular formula is C18H22N4O4. The van der Waals surface area contributed by atoms with Crippen LogP contribution >= 0.6 is 0 Å². The van der Waals surface area contributed by atoms with Gasteiger partial charge in [-0.05, 0) is 29.8 Å². The maximum Gasteiger partial charge on any atom is 0.274 e. The summed E-state index contributed by atoms with van der Waals surface area (Å²) in [4.78, 5) is 24.5. The normalized spacial score (nSPS) is 10.1. The molecule has 2 aromatic carbocycles. The van der Waals surface area contributed by atoms with Crippen LogP contribution in [0.5, 0.6) is 11.5 Å². The Hall–Kier alpha value is -3.26. The molecule has 0 aromatic heterocycles. The van der Waals surface area contributed by atoms with Crippen LogP contribution in [-0.2, 0) is 11.3 Å². The van der Waals surface area contributed by atoms with Crippen LogP contribution in [0, 0.1) is 0 Å². The van der Waals surface area contributed by atoms with Crippen molar-refractivity contribution in [2.24, 2.45) is 5.84 Å². The molecule has 0 radical (unpaired) electrons. The SMILES string of the molecule is COc1ccc(CNC(=O)CN(N)C(=O)c2c(N)cccc2OC)cc1. The van der Waals surface area contributed by atoms with Crippen molar-refractivity contribution >= 4 is 17.5 Å². The van der Waals surface area contributed by atoms with Gasteiger partial charge in [0.15, 0.2) is 0 Å². The number of ether oxygens (including phenoxy) is 2. The van der Waals surface area contributed by atoms with Gasteiger partial charge in [0.05, 0.1) is 14.2 Å². The number of hydrazine groups is 1. The summed E-state index contributed by atoms with van der Waals surface area (Å²) >= 11 is 0. The highest BCUT2D eigenvalue weighted by Gasteiger charge is 2.21. The van der Waals surface area contributed by atoms with Gasteiger partial charge in [-0.15, -0.1) is 0 Å². The van der Waals surface area contributed by atoms with Gasteiger partial charge in [0.25, 0.3) is 5.91 Å². The van der Waals surface area contributed by atoms with E-state index >= 15 is 0 Å². The second-order valence-corrected chi connectivity index (χ2v) is 5.48. The average Bonchev–Trinajstić information content (AvgIpc) is 2.65. The van der Waals surface area contributed by atoms with Crippen LogP contribution in [0.2, 0.25) is 0 Å². The van der Waals surface area contributed by atoms with E-state index in [4.69, 9.17) is 21.1 Å². The molecule has 0 bridgehead atoms. The lowest BCUT2D eigenvalue weighted by Crippen LogP contribution is -2.45. The summed E-state index contributed by atoms with van der Waals surface area (Å²) in [5.41, 5.74) is 7.07. The van der Waals surface area contributed by atoms with E-state index in [0.717, 1.165) is 16.3 Å². The zero-order valence-corrected chi connectivity index (χ0v) is 14.7. The summed E-state index contributed by atoms with van der Waals surface area (Å²) in [6.45, 7) is -0.00582. The van der Waals surface area contributed by atoms with Crippen molar-refractivity contribution < 1.29 is 19.1 Å². The topological polar surface area (TPSA) is 120 Å². The smallest absolute Gasteiger partial charge is 0.274 e. The second kappa shape index (κ2) is 8.72. The number of nitrogens with zero attached hydrogens (tertiary/aromatic N) is 1. The van der Waals surface area contributed by atoms with Crippen LogP contribution in [0.25, 0.3) is 0 Å². The molecule has 0 atom stereocenters. The first kappa shape index (κ1) is 19.1. The minimum absolute atomic E-state index is 0.125. The van der Waals surface area contributed by atoms with Crippen molar-refractivity contribution in [3.8, 4) is 11.5 Å². The Morgan fingerprint density at radius 2 is 1.77 bits per heavy atom. The Morgan fingerprint density at radius 3 is 2.38 bits per heavy atom. The molecule has 0 aliphatic rings. The van der Waals surface area contributed by atoms with E-state index in [1.807, 2.05) is 12.1 Å². The molecule has 0 aliphatic heterocycles. The number of carbonyl (C=O) groups excluding carboxylic acids is 2. The van der Waals surface area contributed by atoms with E-state index in [2.05, 4.69) is 5.32 Å². The highest BCUT2D eigenvalue weighted by molar-refractivity contribution is 6.02. The maximum atomic E-state index is 12.5. The fourth-order valence-electron chi connectivity index (χ4n) is 2.32. The Balaban J connectivity index is 1.95. The third-order valence-corrected chi connectivity index (χ3v) is 3.72. The lowest BCUT2D eigenvalue weighted by molar-refractivity contribution is -0.122. The van der Waals surface area contributed by atoms with E-state index in [1.54, 1.807) is 37.4 Å². The van der Waals surface area contributed by atoms with E-state index in [9.17, 15) is 9.59 Å². The Morgan fingerprint density at radius 1 is 1.08 bits per heavy atom. The van der Waals surface area contributed by atoms with Crippen molar-refractivity contribution in [2.45, 2.75) is 6.54 Å². The number of benzene rings is 2. The molecule has 0 saturated carbocycles. The number of methoxy groups -OCH3 is 2. The number of hydrogen-bond acceptors (Lipinski definition) is 6. The third kappa shape index (κ3) is 4.64. The molecular weight excluding hydrogens is 336 g/mol. The van der Waals surface area contributed by atoms with Crippen molar-refractivity contribution in [3.05, 3.63) is 53.6 Å². The van der Waals surface area contributed by atoms with Gasteiger partial charge in [0, 0.05) is 12.2 Å². The van der Waals surface area contributed by atoms with Gasteiger partial charge in [0.2, 0.25) is 5.91 Å². The van der Waals surface area contributed by atoms with Crippen LogP contribution in [0.4, 0.5) is 5.69 Å². The predicted octanol–water partition coefficient (Wildman–Crippen LogP) is 0.918. The molecule has 0 saturated heterocycles. The number of rotatable bonds is 7. The van der Waals surface area contributed by atoms with Gasteiger partial charge < -0.3 is 20.5 Å². The Bertz CT molecular complexity index is 777. The molecule has 2 rings (SSSR count). The number of amides is 2. The van der Waals surface area contributed by atoms with Crippen molar-refractivity contribution in [1.82, 2.24) is 10.3 Å². The highest BCUT2D eigenvalue weighted by atomic mass is 16.5. The van der Waals surface area contributed by atoms with Gasteiger partial charge >= 0.3 is 0 Å². The fraction of sp³-hybridized carbons (Fsp3) is 0.222. The van der Waals surface area contributed by atoms with Crippen molar-refractivity contribution in [2.75, 3.05) is 26.5 Å². The third-order valence-electron chi connectivity index (χ3n) is 3.72. The molecule has 2 amide bonds. The van der Waals surface area contributed by atoms with Gasteiger partial charge in [0.1, 0.15) is 23.6 Å². The second-order valence-electron chi connectivity index (χ2n) is 5.48. The molecule has 0 fully saturated rings. The van der Waals surface area contributed by atoms with Crippen LogP contribution in [0.15, 0.2) is 42.5 Å². The van der Waals surface area contributed by atoms with Crippen LogP contribution < -0.4 is 26.4 Å². The lowest BCUT2D eigenvalue weighted by atomic mass is 10.1. The highest BCUT2D eigenvalue weighted by Crippen LogP contribution is 2.24. The molecule has 5 N–H and O–H groups in total. The molecule has 0 spiro atoms. The number of nitrogens with one attached hydrogen (secondary N) is 1. The number of nitrogen functional groups attached to an aromatic ring is 1. The Labute approximate surface area is 151 Å². The molecule has 138 valence electrons. The summed E-state index contributed by atoms with van der Waals surface area (Å²) in [5.74, 6) is 5.77. The summed E-state index contributed by atoms with van der Waals surface area (Å²) < 4.78 is 10.2. The largest absolute Gasteiger partial charge is 0.497 e. The van der Waals surface area contributed by atoms with Crippen LogP contribution in [0.1, 0.15) is 15.9 Å². The zero-order chi connectivity index (χ0) is 19.1. The first-order valence-corrected chi connectivity index (χ1v) is 7.85. The van der Waals surface area contributed by atoms with Gasteiger partial charge in [-0.3, -0.25) is 14.6 Å². The van der Waals surface area contributed by atoms with Crippen molar-refractivity contribution in [1.29, 1.82) is 0 Å². The van der Waals surface area contributed by atoms with E-state index in [-0.39, 0.29) is 17.8 Å². The summed E-state index contributed by atoms with van der Waals surface area (Å²) in [6.07, 6.45) is 0. The summed E-state index contributed by atoms with van der Waals surface area (Å²) in [6, 6.07) is 12.1. The average molecular weight is 358 g/mol. The Kier molecular flexibility index (Phi) is 6.40. The van der Waals surface area contributed by atoms with Crippen LogP contribution in [-0.4, -0.2) is 37.6 Å². The van der Waals surface area contributed by atoms with E-state index < -0.39 is 11.8 Å². The number of hydrogen-bond donors (Lipinski definition) is 3. The van der Waals surface area contributed by atoms with Gasteiger partial charge in [-0.25, -0.2) is 5.84 Å². The molecule has 8 heteroatoms.